The zero-order valence-corrected chi connectivity index (χ0v) is 18.4. The number of rotatable bonds is 6. The zero-order chi connectivity index (χ0) is 21.6. The van der Waals surface area contributed by atoms with Crippen LogP contribution in [0.4, 0.5) is 26.7 Å². The van der Waals surface area contributed by atoms with E-state index in [1.807, 2.05) is 55.1 Å². The Morgan fingerprint density at radius 3 is 2.40 bits per heavy atom. The second-order valence-corrected chi connectivity index (χ2v) is 8.81. The van der Waals surface area contributed by atoms with Crippen molar-refractivity contribution in [2.75, 3.05) is 48.1 Å². The predicted molar refractivity (Wildman–Crippen MR) is 126 cm³/mol. The first-order valence-electron chi connectivity index (χ1n) is 9.92. The summed E-state index contributed by atoms with van der Waals surface area (Å²) in [4.78, 5) is 26.9. The Morgan fingerprint density at radius 2 is 1.73 bits per heavy atom. The van der Waals surface area contributed by atoms with Crippen LogP contribution in [0.25, 0.3) is 0 Å². The number of amides is 4. The molecule has 30 heavy (non-hydrogen) atoms. The van der Waals surface area contributed by atoms with Gasteiger partial charge in [-0.15, -0.1) is 0 Å². The topological polar surface area (TPSA) is 85.5 Å². The summed E-state index contributed by atoms with van der Waals surface area (Å²) in [5.41, 5.74) is 2.87. The van der Waals surface area contributed by atoms with E-state index in [0.29, 0.717) is 23.6 Å². The molecule has 2 aromatic carbocycles. The van der Waals surface area contributed by atoms with Crippen LogP contribution in [-0.2, 0) is 0 Å². The molecular formula is C22H29N5O2S. The highest BCUT2D eigenvalue weighted by Gasteiger charge is 2.36. The van der Waals surface area contributed by atoms with Crippen LogP contribution in [0, 0.1) is 6.92 Å². The van der Waals surface area contributed by atoms with E-state index in [-0.39, 0.29) is 17.6 Å². The Morgan fingerprint density at radius 1 is 1.00 bits per heavy atom. The van der Waals surface area contributed by atoms with Gasteiger partial charge in [0.05, 0.1) is 0 Å². The first-order chi connectivity index (χ1) is 14.4. The Labute approximate surface area is 182 Å². The van der Waals surface area contributed by atoms with E-state index in [1.165, 1.54) is 0 Å². The van der Waals surface area contributed by atoms with Gasteiger partial charge in [-0.1, -0.05) is 24.3 Å². The Bertz CT molecular complexity index is 882. The summed E-state index contributed by atoms with van der Waals surface area (Å²) in [5.74, 6) is 2.12. The number of likely N-dealkylation sites (N-methyl/N-ethyl adjacent to an activating group) is 1. The third kappa shape index (κ3) is 5.67. The molecule has 1 atom stereocenters. The normalized spacial score (nSPS) is 18.1. The van der Waals surface area contributed by atoms with Gasteiger partial charge in [0.15, 0.2) is 0 Å². The molecule has 3 rings (SSSR count). The van der Waals surface area contributed by atoms with Gasteiger partial charge in [0.1, 0.15) is 0 Å². The second-order valence-electron chi connectivity index (χ2n) is 7.70. The number of urea groups is 2. The summed E-state index contributed by atoms with van der Waals surface area (Å²) in [6, 6.07) is 14.1. The molecule has 4 amide bonds. The minimum atomic E-state index is -0.341. The van der Waals surface area contributed by atoms with Crippen molar-refractivity contribution in [3.63, 3.8) is 0 Å². The molecule has 160 valence electrons. The van der Waals surface area contributed by atoms with E-state index >= 15 is 0 Å². The quantitative estimate of drug-likeness (QED) is 0.557. The average molecular weight is 428 g/mol. The lowest BCUT2D eigenvalue weighted by Crippen LogP contribution is -2.53. The van der Waals surface area contributed by atoms with Gasteiger partial charge in [-0.25, -0.2) is 9.59 Å². The average Bonchev–Trinajstić information content (AvgIpc) is 3.20. The lowest BCUT2D eigenvalue weighted by molar-refractivity contribution is 0.176. The van der Waals surface area contributed by atoms with E-state index in [1.54, 1.807) is 12.1 Å². The van der Waals surface area contributed by atoms with Crippen molar-refractivity contribution in [3.8, 4) is 0 Å². The first-order valence-corrected chi connectivity index (χ1v) is 11.1. The zero-order valence-electron chi connectivity index (χ0n) is 17.6. The van der Waals surface area contributed by atoms with Crippen LogP contribution >= 0.6 is 11.8 Å². The number of hydrogen-bond acceptors (Lipinski definition) is 4. The Kier molecular flexibility index (Phi) is 7.23. The number of nitrogens with zero attached hydrogens (tertiary/aromatic N) is 1. The lowest BCUT2D eigenvalue weighted by atomic mass is 9.97. The van der Waals surface area contributed by atoms with Crippen molar-refractivity contribution in [2.24, 2.45) is 0 Å². The fraction of sp³-hybridized carbons (Fsp3) is 0.364. The van der Waals surface area contributed by atoms with Gasteiger partial charge >= 0.3 is 12.1 Å². The van der Waals surface area contributed by atoms with E-state index < -0.39 is 0 Å². The molecule has 0 bridgehead atoms. The molecular weight excluding hydrogens is 398 g/mol. The monoisotopic (exact) mass is 427 g/mol. The number of thioether (sulfide) groups is 1. The maximum Gasteiger partial charge on any atom is 0.323 e. The maximum atomic E-state index is 12.5. The minimum absolute atomic E-state index is 0.00399. The predicted octanol–water partition coefficient (Wildman–Crippen LogP) is 4.20. The molecule has 4 N–H and O–H groups in total. The smallest absolute Gasteiger partial charge is 0.323 e. The number of carbonyl (C=O) groups is 2. The molecule has 0 saturated carbocycles. The molecule has 0 aromatic heterocycles. The number of anilines is 3. The maximum absolute atomic E-state index is 12.5. The van der Waals surface area contributed by atoms with Crippen molar-refractivity contribution < 1.29 is 9.59 Å². The fourth-order valence-corrected chi connectivity index (χ4v) is 4.86. The van der Waals surface area contributed by atoms with Crippen LogP contribution in [0.3, 0.4) is 0 Å². The molecule has 1 heterocycles. The summed E-state index contributed by atoms with van der Waals surface area (Å²) in [6.07, 6.45) is 1.06. The minimum Gasteiger partial charge on any atom is -0.336 e. The van der Waals surface area contributed by atoms with Crippen molar-refractivity contribution in [2.45, 2.75) is 18.9 Å². The van der Waals surface area contributed by atoms with Crippen LogP contribution in [0.5, 0.6) is 0 Å². The van der Waals surface area contributed by atoms with Gasteiger partial charge in [-0.3, -0.25) is 0 Å². The number of para-hydroxylation sites is 1. The van der Waals surface area contributed by atoms with E-state index in [9.17, 15) is 9.59 Å². The molecule has 0 radical (unpaired) electrons. The van der Waals surface area contributed by atoms with Gasteiger partial charge in [0, 0.05) is 34.9 Å². The van der Waals surface area contributed by atoms with Crippen LogP contribution in [-0.4, -0.2) is 54.6 Å². The Balaban J connectivity index is 1.58. The SMILES string of the molecule is Cc1ccc(NC(=O)Nc2ccccc2)cc1NC(=O)NC[C@]1(N(C)C)CCSC1. The van der Waals surface area contributed by atoms with Crippen LogP contribution in [0.2, 0.25) is 0 Å². The van der Waals surface area contributed by atoms with Gasteiger partial charge in [-0.05, 0) is 63.0 Å². The van der Waals surface area contributed by atoms with Gasteiger partial charge in [0.2, 0.25) is 0 Å². The second kappa shape index (κ2) is 9.86. The number of benzene rings is 2. The number of aryl methyl sites for hydroxylation is 1. The summed E-state index contributed by atoms with van der Waals surface area (Å²) in [7, 11) is 4.12. The largest absolute Gasteiger partial charge is 0.336 e. The first kappa shape index (κ1) is 22.0. The molecule has 1 saturated heterocycles. The van der Waals surface area contributed by atoms with Crippen LogP contribution in [0.15, 0.2) is 48.5 Å². The van der Waals surface area contributed by atoms with Crippen molar-refractivity contribution in [3.05, 3.63) is 54.1 Å². The molecule has 0 spiro atoms. The standard InChI is InChI=1S/C22H29N5O2S/c1-16-9-10-18(25-21(29)24-17-7-5-4-6-8-17)13-19(16)26-20(28)23-14-22(27(2)3)11-12-30-15-22/h4-10,13H,11-12,14-15H2,1-3H3,(H2,23,26,28)(H2,24,25,29)/t22-/m1/s1. The molecule has 2 aromatic rings. The van der Waals surface area contributed by atoms with Gasteiger partial charge in [-0.2, -0.15) is 11.8 Å². The molecule has 1 fully saturated rings. The molecule has 1 aliphatic rings. The number of hydrogen-bond donors (Lipinski definition) is 4. The van der Waals surface area contributed by atoms with E-state index in [4.69, 9.17) is 0 Å². The van der Waals surface area contributed by atoms with Crippen LogP contribution in [0.1, 0.15) is 12.0 Å². The van der Waals surface area contributed by atoms with Crippen molar-refractivity contribution in [1.29, 1.82) is 0 Å². The highest BCUT2D eigenvalue weighted by molar-refractivity contribution is 7.99. The van der Waals surface area contributed by atoms with Gasteiger partial charge in [0.25, 0.3) is 0 Å². The fourth-order valence-electron chi connectivity index (χ4n) is 3.31. The third-order valence-corrected chi connectivity index (χ3v) is 6.62. The summed E-state index contributed by atoms with van der Waals surface area (Å²) >= 11 is 1.92. The van der Waals surface area contributed by atoms with Crippen molar-refractivity contribution >= 4 is 40.9 Å². The molecule has 1 aliphatic heterocycles. The van der Waals surface area contributed by atoms with Gasteiger partial charge < -0.3 is 26.2 Å². The third-order valence-electron chi connectivity index (χ3n) is 5.38. The lowest BCUT2D eigenvalue weighted by Gasteiger charge is -2.35. The summed E-state index contributed by atoms with van der Waals surface area (Å²) in [6.45, 7) is 2.51. The molecule has 0 aliphatic carbocycles. The number of carbonyl (C=O) groups excluding carboxylic acids is 2. The highest BCUT2D eigenvalue weighted by Crippen LogP contribution is 2.31. The molecule has 0 unspecified atom stereocenters. The summed E-state index contributed by atoms with van der Waals surface area (Å²) in [5, 5.41) is 11.5. The summed E-state index contributed by atoms with van der Waals surface area (Å²) < 4.78 is 0. The Hall–Kier alpha value is -2.71. The highest BCUT2D eigenvalue weighted by atomic mass is 32.2. The van der Waals surface area contributed by atoms with E-state index in [2.05, 4.69) is 40.3 Å². The van der Waals surface area contributed by atoms with Crippen molar-refractivity contribution in [1.82, 2.24) is 10.2 Å². The van der Waals surface area contributed by atoms with Crippen LogP contribution < -0.4 is 21.3 Å². The van der Waals surface area contributed by atoms with E-state index in [0.717, 1.165) is 23.5 Å². The molecule has 7 nitrogen and oxygen atoms in total. The number of nitrogens with one attached hydrogen (secondary N) is 4. The molecule has 8 heteroatoms.